The number of aliphatic imine (C=N–C) groups is 1. The number of hydrogen-bond acceptors (Lipinski definition) is 4. The highest BCUT2D eigenvalue weighted by Crippen LogP contribution is 2.30. The third-order valence-electron chi connectivity index (χ3n) is 5.61. The molecule has 162 valence electrons. The molecule has 0 aromatic heterocycles. The average molecular weight is 519 g/mol. The van der Waals surface area contributed by atoms with Crippen LogP contribution in [0.1, 0.15) is 59.8 Å². The molecule has 3 N–H and O–H groups in total. The zero-order chi connectivity index (χ0) is 19.6. The van der Waals surface area contributed by atoms with Gasteiger partial charge in [0.1, 0.15) is 0 Å². The lowest BCUT2D eigenvalue weighted by Gasteiger charge is -2.33. The minimum atomic E-state index is -3.09. The number of halogens is 1. The predicted molar refractivity (Wildman–Crippen MR) is 123 cm³/mol. The van der Waals surface area contributed by atoms with E-state index in [-0.39, 0.29) is 47.8 Å². The van der Waals surface area contributed by atoms with Crippen molar-refractivity contribution in [2.24, 2.45) is 10.4 Å². The SMILES string of the molecule is CCNC(=NCC(CC)(CC)CCO)NC1CCN(S(=O)(=O)CC)CC1.I. The maximum Gasteiger partial charge on any atom is 0.213 e. The van der Waals surface area contributed by atoms with Crippen LogP contribution in [0.4, 0.5) is 0 Å². The topological polar surface area (TPSA) is 94.0 Å². The van der Waals surface area contributed by atoms with Crippen LogP contribution in [0.3, 0.4) is 0 Å². The van der Waals surface area contributed by atoms with E-state index in [9.17, 15) is 13.5 Å². The standard InChI is InChI=1S/C18H38N4O3S.HI/c1-5-18(6-2,11-14-23)15-20-17(19-7-3)21-16-9-12-22(13-10-16)26(24,25)8-4;/h16,23H,5-15H2,1-4H3,(H2,19,20,21);1H. The van der Waals surface area contributed by atoms with Crippen LogP contribution in [-0.4, -0.2) is 68.4 Å². The van der Waals surface area contributed by atoms with E-state index < -0.39 is 10.0 Å². The fraction of sp³-hybridized carbons (Fsp3) is 0.944. The number of aliphatic hydroxyl groups excluding tert-OH is 1. The van der Waals surface area contributed by atoms with Gasteiger partial charge in [-0.05, 0) is 51.4 Å². The van der Waals surface area contributed by atoms with Gasteiger partial charge in [-0.2, -0.15) is 0 Å². The highest BCUT2D eigenvalue weighted by atomic mass is 127. The molecule has 7 nitrogen and oxygen atoms in total. The smallest absolute Gasteiger partial charge is 0.213 e. The van der Waals surface area contributed by atoms with Gasteiger partial charge in [0.15, 0.2) is 5.96 Å². The number of rotatable bonds is 10. The molecule has 0 aromatic carbocycles. The molecule has 1 aliphatic rings. The molecule has 0 saturated carbocycles. The van der Waals surface area contributed by atoms with E-state index in [1.54, 1.807) is 11.2 Å². The first-order chi connectivity index (χ1) is 12.4. The molecular formula is C18H39IN4O3S. The highest BCUT2D eigenvalue weighted by Gasteiger charge is 2.28. The van der Waals surface area contributed by atoms with Gasteiger partial charge in [-0.3, -0.25) is 4.99 Å². The van der Waals surface area contributed by atoms with Crippen LogP contribution in [0.15, 0.2) is 4.99 Å². The molecule has 1 rings (SSSR count). The predicted octanol–water partition coefficient (Wildman–Crippen LogP) is 2.16. The Labute approximate surface area is 182 Å². The van der Waals surface area contributed by atoms with Crippen LogP contribution in [0.25, 0.3) is 0 Å². The molecule has 0 spiro atoms. The lowest BCUT2D eigenvalue weighted by Crippen LogP contribution is -2.50. The molecule has 0 bridgehead atoms. The third kappa shape index (κ3) is 8.41. The fourth-order valence-electron chi connectivity index (χ4n) is 3.36. The van der Waals surface area contributed by atoms with E-state index in [2.05, 4.69) is 24.5 Å². The van der Waals surface area contributed by atoms with Gasteiger partial charge in [-0.25, -0.2) is 12.7 Å². The van der Waals surface area contributed by atoms with Crippen molar-refractivity contribution in [2.75, 3.05) is 38.5 Å². The summed E-state index contributed by atoms with van der Waals surface area (Å²) >= 11 is 0. The third-order valence-corrected chi connectivity index (χ3v) is 7.49. The van der Waals surface area contributed by atoms with Crippen LogP contribution in [-0.2, 0) is 10.0 Å². The second kappa shape index (κ2) is 13.2. The van der Waals surface area contributed by atoms with Gasteiger partial charge in [0.25, 0.3) is 0 Å². The molecule has 9 heteroatoms. The van der Waals surface area contributed by atoms with Crippen molar-refractivity contribution < 1.29 is 13.5 Å². The van der Waals surface area contributed by atoms with Crippen molar-refractivity contribution in [2.45, 2.75) is 65.8 Å². The molecular weight excluding hydrogens is 479 g/mol. The summed E-state index contributed by atoms with van der Waals surface area (Å²) < 4.78 is 25.5. The Kier molecular flexibility index (Phi) is 13.1. The second-order valence-electron chi connectivity index (χ2n) is 7.09. The summed E-state index contributed by atoms with van der Waals surface area (Å²) in [4.78, 5) is 4.78. The number of piperidine rings is 1. The molecule has 0 unspecified atom stereocenters. The highest BCUT2D eigenvalue weighted by molar-refractivity contribution is 14.0. The summed E-state index contributed by atoms with van der Waals surface area (Å²) in [5.41, 5.74) is 0.0374. The van der Waals surface area contributed by atoms with Crippen molar-refractivity contribution in [3.63, 3.8) is 0 Å². The van der Waals surface area contributed by atoms with Crippen molar-refractivity contribution >= 4 is 40.0 Å². The van der Waals surface area contributed by atoms with Gasteiger partial charge in [-0.15, -0.1) is 24.0 Å². The quantitative estimate of drug-likeness (QED) is 0.234. The maximum absolute atomic E-state index is 12.0. The zero-order valence-corrected chi connectivity index (χ0v) is 20.5. The first-order valence-electron chi connectivity index (χ1n) is 9.99. The minimum absolute atomic E-state index is 0. The largest absolute Gasteiger partial charge is 0.396 e. The van der Waals surface area contributed by atoms with Crippen molar-refractivity contribution in [3.05, 3.63) is 0 Å². The Bertz CT molecular complexity index is 531. The first-order valence-corrected chi connectivity index (χ1v) is 11.6. The Balaban J connectivity index is 0.00000676. The van der Waals surface area contributed by atoms with Gasteiger partial charge < -0.3 is 15.7 Å². The van der Waals surface area contributed by atoms with Gasteiger partial charge in [0.05, 0.1) is 5.75 Å². The summed E-state index contributed by atoms with van der Waals surface area (Å²) in [6.45, 7) is 10.8. The van der Waals surface area contributed by atoms with Crippen LogP contribution in [0.5, 0.6) is 0 Å². The van der Waals surface area contributed by atoms with Gasteiger partial charge in [0.2, 0.25) is 10.0 Å². The Morgan fingerprint density at radius 1 is 1.19 bits per heavy atom. The minimum Gasteiger partial charge on any atom is -0.396 e. The molecule has 1 fully saturated rings. The van der Waals surface area contributed by atoms with Gasteiger partial charge >= 0.3 is 0 Å². The van der Waals surface area contributed by atoms with E-state index in [4.69, 9.17) is 4.99 Å². The first kappa shape index (κ1) is 26.9. The summed E-state index contributed by atoms with van der Waals surface area (Å²) in [6.07, 6.45) is 4.30. The van der Waals surface area contributed by atoms with Crippen LogP contribution < -0.4 is 10.6 Å². The number of aliphatic hydroxyl groups is 1. The number of guanidine groups is 1. The van der Waals surface area contributed by atoms with E-state index in [0.29, 0.717) is 19.6 Å². The summed E-state index contributed by atoms with van der Waals surface area (Å²) in [5.74, 6) is 0.949. The van der Waals surface area contributed by atoms with E-state index in [1.807, 2.05) is 6.92 Å². The summed E-state index contributed by atoms with van der Waals surface area (Å²) in [7, 11) is -3.09. The zero-order valence-electron chi connectivity index (χ0n) is 17.3. The molecule has 1 aliphatic heterocycles. The Morgan fingerprint density at radius 3 is 2.22 bits per heavy atom. The van der Waals surface area contributed by atoms with E-state index in [0.717, 1.165) is 44.6 Å². The summed E-state index contributed by atoms with van der Waals surface area (Å²) in [6, 6.07) is 0.228. The lowest BCUT2D eigenvalue weighted by atomic mass is 9.79. The molecule has 0 amide bonds. The molecule has 0 aliphatic carbocycles. The maximum atomic E-state index is 12.0. The van der Waals surface area contributed by atoms with Gasteiger partial charge in [0, 0.05) is 38.8 Å². The van der Waals surface area contributed by atoms with Gasteiger partial charge in [-0.1, -0.05) is 13.8 Å². The average Bonchev–Trinajstić information content (AvgIpc) is 2.65. The number of sulfonamides is 1. The van der Waals surface area contributed by atoms with Crippen molar-refractivity contribution in [3.8, 4) is 0 Å². The van der Waals surface area contributed by atoms with Crippen LogP contribution >= 0.6 is 24.0 Å². The van der Waals surface area contributed by atoms with Crippen LogP contribution in [0.2, 0.25) is 0 Å². The normalized spacial score (nSPS) is 17.4. The van der Waals surface area contributed by atoms with E-state index >= 15 is 0 Å². The molecule has 1 heterocycles. The Hall–Kier alpha value is -0.130. The second-order valence-corrected chi connectivity index (χ2v) is 9.35. The molecule has 0 aromatic rings. The lowest BCUT2D eigenvalue weighted by molar-refractivity contribution is 0.175. The fourth-order valence-corrected chi connectivity index (χ4v) is 4.50. The number of nitrogens with one attached hydrogen (secondary N) is 2. The van der Waals surface area contributed by atoms with Crippen molar-refractivity contribution in [1.82, 2.24) is 14.9 Å². The summed E-state index contributed by atoms with van der Waals surface area (Å²) in [5, 5.41) is 16.1. The number of nitrogens with zero attached hydrogens (tertiary/aromatic N) is 2. The number of hydrogen-bond donors (Lipinski definition) is 3. The molecule has 1 saturated heterocycles. The molecule has 27 heavy (non-hydrogen) atoms. The molecule has 0 radical (unpaired) electrons. The van der Waals surface area contributed by atoms with Crippen molar-refractivity contribution in [1.29, 1.82) is 0 Å². The monoisotopic (exact) mass is 518 g/mol. The molecule has 0 atom stereocenters. The van der Waals surface area contributed by atoms with Crippen LogP contribution in [0, 0.1) is 5.41 Å². The van der Waals surface area contributed by atoms with E-state index in [1.165, 1.54) is 0 Å². The Morgan fingerprint density at radius 2 is 1.78 bits per heavy atom.